The van der Waals surface area contributed by atoms with Crippen molar-refractivity contribution in [3.63, 3.8) is 0 Å². The van der Waals surface area contributed by atoms with Gasteiger partial charge in [0.05, 0.1) is 29.8 Å². The third-order valence-corrected chi connectivity index (χ3v) is 5.26. The fourth-order valence-corrected chi connectivity index (χ4v) is 3.32. The third-order valence-electron chi connectivity index (χ3n) is 5.26. The van der Waals surface area contributed by atoms with Gasteiger partial charge in [0.2, 0.25) is 5.91 Å². The van der Waals surface area contributed by atoms with Crippen LogP contribution >= 0.6 is 0 Å². The van der Waals surface area contributed by atoms with E-state index in [1.807, 2.05) is 6.92 Å². The zero-order valence-electron chi connectivity index (χ0n) is 14.4. The van der Waals surface area contributed by atoms with Gasteiger partial charge < -0.3 is 14.9 Å². The maximum absolute atomic E-state index is 13.2. The molecule has 8 heteroatoms. The Balaban J connectivity index is 1.82. The minimum atomic E-state index is -4.62. The minimum absolute atomic E-state index is 0.00649. The monoisotopic (exact) mass is 367 g/mol. The third kappa shape index (κ3) is 3.36. The lowest BCUT2D eigenvalue weighted by Crippen LogP contribution is -2.58. The second kappa shape index (κ2) is 6.47. The van der Waals surface area contributed by atoms with Gasteiger partial charge in [0, 0.05) is 30.7 Å². The zero-order valence-corrected chi connectivity index (χ0v) is 14.4. The lowest BCUT2D eigenvalue weighted by molar-refractivity contribution is -0.140. The van der Waals surface area contributed by atoms with Crippen LogP contribution in [0.25, 0.3) is 0 Å². The Morgan fingerprint density at radius 1 is 1.38 bits per heavy atom. The molecule has 26 heavy (non-hydrogen) atoms. The van der Waals surface area contributed by atoms with E-state index in [1.54, 1.807) is 15.9 Å². The smallest absolute Gasteiger partial charge is 0.394 e. The van der Waals surface area contributed by atoms with Crippen molar-refractivity contribution < 1.29 is 23.1 Å². The molecule has 0 bridgehead atoms. The van der Waals surface area contributed by atoms with Crippen molar-refractivity contribution in [3.05, 3.63) is 29.3 Å². The van der Waals surface area contributed by atoms with Crippen LogP contribution in [0.3, 0.4) is 0 Å². The Bertz CT molecular complexity index is 753. The summed E-state index contributed by atoms with van der Waals surface area (Å²) in [5, 5.41) is 18.6. The zero-order chi connectivity index (χ0) is 19.1. The number of benzene rings is 1. The van der Waals surface area contributed by atoms with Crippen LogP contribution in [-0.4, -0.2) is 48.2 Å². The first kappa shape index (κ1) is 18.5. The number of anilines is 1. The highest BCUT2D eigenvalue weighted by Crippen LogP contribution is 2.47. The summed E-state index contributed by atoms with van der Waals surface area (Å²) in [4.78, 5) is 15.9. The number of nitriles is 1. The Hall–Kier alpha value is -2.27. The van der Waals surface area contributed by atoms with Gasteiger partial charge in [-0.05, 0) is 31.0 Å². The van der Waals surface area contributed by atoms with Gasteiger partial charge in [-0.1, -0.05) is 6.92 Å². The number of aliphatic hydroxyl groups excluding tert-OH is 1. The van der Waals surface area contributed by atoms with Crippen LogP contribution in [0.5, 0.6) is 0 Å². The minimum Gasteiger partial charge on any atom is -0.394 e. The van der Waals surface area contributed by atoms with E-state index in [4.69, 9.17) is 5.26 Å². The lowest BCUT2D eigenvalue weighted by Gasteiger charge is -2.43. The normalized spacial score (nSPS) is 22.1. The standard InChI is InChI=1S/C18H20F3N3O2/c1-17(4-5-17)16(26)24-7-6-23(10-14(24)11-25)13-3-2-12(9-22)15(8-13)18(19,20)21/h2-3,8,14,25H,4-7,10-11H2,1H3. The molecule has 1 saturated carbocycles. The van der Waals surface area contributed by atoms with Crippen LogP contribution in [0.2, 0.25) is 0 Å². The second-order valence-corrected chi connectivity index (χ2v) is 7.18. The average molecular weight is 367 g/mol. The molecule has 1 amide bonds. The largest absolute Gasteiger partial charge is 0.417 e. The number of hydrogen-bond acceptors (Lipinski definition) is 4. The molecule has 1 saturated heterocycles. The molecule has 1 aliphatic carbocycles. The number of amides is 1. The Morgan fingerprint density at radius 3 is 2.62 bits per heavy atom. The van der Waals surface area contributed by atoms with Crippen molar-refractivity contribution in [2.45, 2.75) is 32.0 Å². The fourth-order valence-electron chi connectivity index (χ4n) is 3.32. The summed E-state index contributed by atoms with van der Waals surface area (Å²) in [6.07, 6.45) is -2.96. The van der Waals surface area contributed by atoms with Gasteiger partial charge in [0.15, 0.2) is 0 Å². The van der Waals surface area contributed by atoms with Crippen LogP contribution in [0, 0.1) is 16.7 Å². The number of hydrogen-bond donors (Lipinski definition) is 1. The molecule has 3 rings (SSSR count). The van der Waals surface area contributed by atoms with E-state index in [1.165, 1.54) is 6.07 Å². The molecule has 2 fully saturated rings. The van der Waals surface area contributed by atoms with Crippen molar-refractivity contribution >= 4 is 11.6 Å². The Labute approximate surface area is 149 Å². The molecule has 2 aliphatic rings. The van der Waals surface area contributed by atoms with Gasteiger partial charge in [-0.3, -0.25) is 4.79 Å². The number of alkyl halides is 3. The molecule has 140 valence electrons. The van der Waals surface area contributed by atoms with Gasteiger partial charge in [-0.2, -0.15) is 18.4 Å². The Kier molecular flexibility index (Phi) is 4.61. The van der Waals surface area contributed by atoms with Crippen LogP contribution in [0.4, 0.5) is 18.9 Å². The highest BCUT2D eigenvalue weighted by atomic mass is 19.4. The Morgan fingerprint density at radius 2 is 2.08 bits per heavy atom. The molecule has 0 aromatic heterocycles. The quantitative estimate of drug-likeness (QED) is 0.891. The van der Waals surface area contributed by atoms with Gasteiger partial charge in [-0.25, -0.2) is 0 Å². The SMILES string of the molecule is CC1(C(=O)N2CCN(c3ccc(C#N)c(C(F)(F)F)c3)CC2CO)CC1. The predicted molar refractivity (Wildman–Crippen MR) is 88.3 cm³/mol. The number of nitrogens with zero attached hydrogens (tertiary/aromatic N) is 3. The van der Waals surface area contributed by atoms with E-state index >= 15 is 0 Å². The maximum Gasteiger partial charge on any atom is 0.417 e. The summed E-state index contributed by atoms with van der Waals surface area (Å²) in [6.45, 7) is 2.62. The summed E-state index contributed by atoms with van der Waals surface area (Å²) in [6, 6.07) is 4.71. The fraction of sp³-hybridized carbons (Fsp3) is 0.556. The van der Waals surface area contributed by atoms with Gasteiger partial charge >= 0.3 is 6.18 Å². The van der Waals surface area contributed by atoms with E-state index in [-0.39, 0.29) is 24.5 Å². The molecule has 0 spiro atoms. The molecular formula is C18H20F3N3O2. The second-order valence-electron chi connectivity index (χ2n) is 7.18. The molecule has 1 aliphatic heterocycles. The molecular weight excluding hydrogens is 347 g/mol. The van der Waals surface area contributed by atoms with E-state index in [0.717, 1.165) is 25.0 Å². The molecule has 0 radical (unpaired) electrons. The van der Waals surface area contributed by atoms with Gasteiger partial charge in [0.25, 0.3) is 0 Å². The summed E-state index contributed by atoms with van der Waals surface area (Å²) < 4.78 is 39.5. The highest BCUT2D eigenvalue weighted by Gasteiger charge is 2.49. The highest BCUT2D eigenvalue weighted by molar-refractivity contribution is 5.85. The van der Waals surface area contributed by atoms with Crippen molar-refractivity contribution in [2.24, 2.45) is 5.41 Å². The number of rotatable bonds is 3. The lowest BCUT2D eigenvalue weighted by atomic mass is 10.0. The van der Waals surface area contributed by atoms with Gasteiger partial charge in [0.1, 0.15) is 0 Å². The number of halogens is 3. The van der Waals surface area contributed by atoms with Crippen molar-refractivity contribution in [1.29, 1.82) is 5.26 Å². The van der Waals surface area contributed by atoms with Crippen molar-refractivity contribution in [3.8, 4) is 6.07 Å². The molecule has 1 N–H and O–H groups in total. The maximum atomic E-state index is 13.2. The summed E-state index contributed by atoms with van der Waals surface area (Å²) >= 11 is 0. The van der Waals surface area contributed by atoms with Crippen molar-refractivity contribution in [2.75, 3.05) is 31.1 Å². The van der Waals surface area contributed by atoms with Gasteiger partial charge in [-0.15, -0.1) is 0 Å². The van der Waals surface area contributed by atoms with E-state index in [2.05, 4.69) is 0 Å². The first-order valence-electron chi connectivity index (χ1n) is 8.48. The number of aliphatic hydroxyl groups is 1. The van der Waals surface area contributed by atoms with E-state index in [0.29, 0.717) is 18.8 Å². The number of carbonyl (C=O) groups is 1. The number of carbonyl (C=O) groups excluding carboxylic acids is 1. The first-order chi connectivity index (χ1) is 12.2. The molecule has 1 atom stereocenters. The molecule has 1 unspecified atom stereocenters. The first-order valence-corrected chi connectivity index (χ1v) is 8.48. The topological polar surface area (TPSA) is 67.6 Å². The number of piperazine rings is 1. The van der Waals surface area contributed by atoms with Crippen LogP contribution in [-0.2, 0) is 11.0 Å². The molecule has 1 aromatic rings. The molecule has 5 nitrogen and oxygen atoms in total. The van der Waals surface area contributed by atoms with E-state index < -0.39 is 23.3 Å². The predicted octanol–water partition coefficient (Wildman–Crippen LogP) is 2.39. The summed E-state index contributed by atoms with van der Waals surface area (Å²) in [5.74, 6) is 0.00649. The van der Waals surface area contributed by atoms with Crippen LogP contribution in [0.1, 0.15) is 30.9 Å². The summed E-state index contributed by atoms with van der Waals surface area (Å²) in [7, 11) is 0. The molecule has 1 heterocycles. The van der Waals surface area contributed by atoms with Crippen molar-refractivity contribution in [1.82, 2.24) is 4.90 Å². The summed E-state index contributed by atoms with van der Waals surface area (Å²) in [5.41, 5.74) is -1.41. The average Bonchev–Trinajstić information content (AvgIpc) is 3.38. The van der Waals surface area contributed by atoms with E-state index in [9.17, 15) is 23.1 Å². The molecule has 1 aromatic carbocycles. The van der Waals surface area contributed by atoms with Crippen LogP contribution in [0.15, 0.2) is 18.2 Å². The van der Waals surface area contributed by atoms with Crippen LogP contribution < -0.4 is 4.90 Å².